The van der Waals surface area contributed by atoms with Gasteiger partial charge in [-0.1, -0.05) is 37.2 Å². The molecule has 2 nitrogen and oxygen atoms in total. The van der Waals surface area contributed by atoms with Gasteiger partial charge >= 0.3 is 0 Å². The highest BCUT2D eigenvalue weighted by Gasteiger charge is 2.14. The van der Waals surface area contributed by atoms with E-state index in [1.807, 2.05) is 0 Å². The molecule has 1 N–H and O–H groups in total. The number of halogens is 1. The van der Waals surface area contributed by atoms with Crippen LogP contribution in [-0.2, 0) is 11.3 Å². The summed E-state index contributed by atoms with van der Waals surface area (Å²) < 4.78 is 19.1. The monoisotopic (exact) mass is 262 g/mol. The van der Waals surface area contributed by atoms with Gasteiger partial charge in [-0.2, -0.15) is 0 Å². The summed E-state index contributed by atoms with van der Waals surface area (Å²) in [5, 5.41) is 8.72. The van der Waals surface area contributed by atoms with E-state index in [0.717, 1.165) is 18.4 Å². The van der Waals surface area contributed by atoms with Gasteiger partial charge in [0.15, 0.2) is 0 Å². The predicted molar refractivity (Wildman–Crippen MR) is 72.0 cm³/mol. The first kappa shape index (κ1) is 14.0. The summed E-state index contributed by atoms with van der Waals surface area (Å²) in [5.41, 5.74) is 1.48. The number of rotatable bonds is 3. The van der Waals surface area contributed by atoms with Crippen molar-refractivity contribution in [2.24, 2.45) is 0 Å². The lowest BCUT2D eigenvalue weighted by atomic mass is 9.98. The van der Waals surface area contributed by atoms with Gasteiger partial charge in [-0.05, 0) is 30.5 Å². The van der Waals surface area contributed by atoms with Gasteiger partial charge in [0.2, 0.25) is 0 Å². The topological polar surface area (TPSA) is 29.5 Å². The molecule has 0 saturated heterocycles. The van der Waals surface area contributed by atoms with E-state index in [2.05, 4.69) is 11.8 Å². The Bertz CT molecular complexity index is 467. The Kier molecular flexibility index (Phi) is 5.38. The molecule has 0 bridgehead atoms. The van der Waals surface area contributed by atoms with Crippen LogP contribution in [-0.4, -0.2) is 17.8 Å². The fourth-order valence-electron chi connectivity index (χ4n) is 2.37. The van der Waals surface area contributed by atoms with Crippen LogP contribution in [0.4, 0.5) is 4.39 Å². The van der Waals surface area contributed by atoms with E-state index in [4.69, 9.17) is 9.84 Å². The van der Waals surface area contributed by atoms with Gasteiger partial charge in [-0.15, -0.1) is 0 Å². The average molecular weight is 262 g/mol. The van der Waals surface area contributed by atoms with Gasteiger partial charge in [0, 0.05) is 5.56 Å². The quantitative estimate of drug-likeness (QED) is 0.848. The summed E-state index contributed by atoms with van der Waals surface area (Å²) in [6, 6.07) is 4.52. The van der Waals surface area contributed by atoms with E-state index in [-0.39, 0.29) is 12.4 Å². The van der Waals surface area contributed by atoms with Crippen LogP contribution in [0.3, 0.4) is 0 Å². The summed E-state index contributed by atoms with van der Waals surface area (Å²) >= 11 is 0. The molecule has 1 aromatic rings. The van der Waals surface area contributed by atoms with Crippen LogP contribution in [0.1, 0.15) is 43.2 Å². The number of aliphatic hydroxyl groups is 1. The van der Waals surface area contributed by atoms with Crippen molar-refractivity contribution in [3.63, 3.8) is 0 Å². The first-order valence-electron chi connectivity index (χ1n) is 6.79. The maximum atomic E-state index is 13.2. The van der Waals surface area contributed by atoms with Gasteiger partial charge in [0.05, 0.1) is 12.7 Å². The first-order valence-corrected chi connectivity index (χ1v) is 6.79. The molecule has 0 aromatic heterocycles. The minimum absolute atomic E-state index is 0.223. The molecule has 3 heteroatoms. The Morgan fingerprint density at radius 2 is 2.05 bits per heavy atom. The van der Waals surface area contributed by atoms with Crippen LogP contribution in [0, 0.1) is 17.7 Å². The summed E-state index contributed by atoms with van der Waals surface area (Å²) in [4.78, 5) is 0. The van der Waals surface area contributed by atoms with E-state index in [1.54, 1.807) is 6.07 Å². The molecule has 1 fully saturated rings. The lowest BCUT2D eigenvalue weighted by Gasteiger charge is -2.22. The molecule has 0 radical (unpaired) electrons. The third-order valence-electron chi connectivity index (χ3n) is 3.40. The normalized spacial score (nSPS) is 15.9. The van der Waals surface area contributed by atoms with Crippen molar-refractivity contribution >= 4 is 0 Å². The van der Waals surface area contributed by atoms with Crippen LogP contribution in [0.15, 0.2) is 18.2 Å². The summed E-state index contributed by atoms with van der Waals surface area (Å²) in [5.74, 6) is 5.01. The molecule has 0 spiro atoms. The highest BCUT2D eigenvalue weighted by molar-refractivity contribution is 5.41. The summed E-state index contributed by atoms with van der Waals surface area (Å²) in [7, 11) is 0. The zero-order valence-electron chi connectivity index (χ0n) is 11.0. The summed E-state index contributed by atoms with van der Waals surface area (Å²) in [6.45, 7) is 0.236. The average Bonchev–Trinajstić information content (AvgIpc) is 2.45. The van der Waals surface area contributed by atoms with Gasteiger partial charge in [-0.25, -0.2) is 4.39 Å². The highest BCUT2D eigenvalue weighted by atomic mass is 19.1. The maximum Gasteiger partial charge on any atom is 0.124 e. The van der Waals surface area contributed by atoms with E-state index >= 15 is 0 Å². The molecule has 1 aliphatic rings. The fourth-order valence-corrected chi connectivity index (χ4v) is 2.37. The predicted octanol–water partition coefficient (Wildman–Crippen LogP) is 3.02. The molecule has 0 unspecified atom stereocenters. The Morgan fingerprint density at radius 3 is 2.79 bits per heavy atom. The Morgan fingerprint density at radius 1 is 1.26 bits per heavy atom. The minimum atomic E-state index is -0.316. The third-order valence-corrected chi connectivity index (χ3v) is 3.40. The highest BCUT2D eigenvalue weighted by Crippen LogP contribution is 2.22. The number of aliphatic hydroxyl groups excluding tert-OH is 1. The zero-order chi connectivity index (χ0) is 13.5. The Labute approximate surface area is 113 Å². The van der Waals surface area contributed by atoms with Crippen molar-refractivity contribution in [2.75, 3.05) is 6.61 Å². The van der Waals surface area contributed by atoms with E-state index in [0.29, 0.717) is 18.3 Å². The molecule has 0 amide bonds. The molecule has 1 aromatic carbocycles. The molecule has 0 atom stereocenters. The van der Waals surface area contributed by atoms with Crippen LogP contribution in [0.2, 0.25) is 0 Å². The first-order chi connectivity index (χ1) is 9.29. The minimum Gasteiger partial charge on any atom is -0.384 e. The number of hydrogen-bond acceptors (Lipinski definition) is 2. The third kappa shape index (κ3) is 4.34. The largest absolute Gasteiger partial charge is 0.384 e. The number of ether oxygens (including phenoxy) is 1. The SMILES string of the molecule is OCC#Cc1cc(F)ccc1COC1CCCCC1. The van der Waals surface area contributed by atoms with Gasteiger partial charge in [0.1, 0.15) is 12.4 Å². The van der Waals surface area contributed by atoms with Crippen molar-refractivity contribution in [3.8, 4) is 11.8 Å². The van der Waals surface area contributed by atoms with Gasteiger partial charge in [-0.3, -0.25) is 0 Å². The molecular formula is C16H19FO2. The molecule has 102 valence electrons. The maximum absolute atomic E-state index is 13.2. The molecule has 0 heterocycles. The second kappa shape index (κ2) is 7.28. The number of hydrogen-bond donors (Lipinski definition) is 1. The summed E-state index contributed by atoms with van der Waals surface area (Å²) in [6.07, 6.45) is 6.29. The van der Waals surface area contributed by atoms with Crippen molar-refractivity contribution in [2.45, 2.75) is 44.8 Å². The van der Waals surface area contributed by atoms with Gasteiger partial charge < -0.3 is 9.84 Å². The Hall–Kier alpha value is -1.37. The lowest BCUT2D eigenvalue weighted by molar-refractivity contribution is 0.0167. The molecular weight excluding hydrogens is 243 g/mol. The van der Waals surface area contributed by atoms with Gasteiger partial charge in [0.25, 0.3) is 0 Å². The van der Waals surface area contributed by atoms with E-state index in [1.165, 1.54) is 31.4 Å². The molecule has 2 rings (SSSR count). The van der Waals surface area contributed by atoms with E-state index < -0.39 is 0 Å². The van der Waals surface area contributed by atoms with Crippen LogP contribution >= 0.6 is 0 Å². The molecule has 1 aliphatic carbocycles. The molecule has 19 heavy (non-hydrogen) atoms. The van der Waals surface area contributed by atoms with E-state index in [9.17, 15) is 4.39 Å². The lowest BCUT2D eigenvalue weighted by Crippen LogP contribution is -2.16. The second-order valence-corrected chi connectivity index (χ2v) is 4.83. The van der Waals surface area contributed by atoms with Crippen molar-refractivity contribution in [1.82, 2.24) is 0 Å². The van der Waals surface area contributed by atoms with Crippen molar-refractivity contribution in [3.05, 3.63) is 35.1 Å². The second-order valence-electron chi connectivity index (χ2n) is 4.83. The van der Waals surface area contributed by atoms with Crippen molar-refractivity contribution in [1.29, 1.82) is 0 Å². The van der Waals surface area contributed by atoms with Crippen LogP contribution < -0.4 is 0 Å². The number of benzene rings is 1. The van der Waals surface area contributed by atoms with Crippen LogP contribution in [0.5, 0.6) is 0 Å². The zero-order valence-corrected chi connectivity index (χ0v) is 11.0. The smallest absolute Gasteiger partial charge is 0.124 e. The van der Waals surface area contributed by atoms with Crippen molar-refractivity contribution < 1.29 is 14.2 Å². The molecule has 0 aliphatic heterocycles. The van der Waals surface area contributed by atoms with Crippen LogP contribution in [0.25, 0.3) is 0 Å². The fraction of sp³-hybridized carbons (Fsp3) is 0.500. The standard InChI is InChI=1S/C16H19FO2/c17-15-9-8-14(13(11-15)5-4-10-18)12-19-16-6-2-1-3-7-16/h8-9,11,16,18H,1-3,6-7,10,12H2. The Balaban J connectivity index is 2.02. The molecule has 1 saturated carbocycles.